The molecule has 182 valence electrons. The molecule has 3 atom stereocenters. The molecule has 10 heteroatoms. The standard InChI is InChI=1S/C24H21F7N2O/c1-14(16-10-17(23(26,27)28)12-18(11-16)24(29,30)31)34-21-6-8-33-9-7-32-22(33)13-20(21)15-2-4-19(25)5-3-15/h2-5,7,9-12,14,20-21H,6,8,13H2,1H3/t14-,20-,21+/m1/s1. The lowest BCUT2D eigenvalue weighted by Crippen LogP contribution is -2.25. The maximum atomic E-state index is 13.5. The molecule has 34 heavy (non-hydrogen) atoms. The summed E-state index contributed by atoms with van der Waals surface area (Å²) in [5.41, 5.74) is -2.25. The first-order valence-corrected chi connectivity index (χ1v) is 10.6. The van der Waals surface area contributed by atoms with E-state index in [1.54, 1.807) is 24.5 Å². The Morgan fingerprint density at radius 1 is 0.971 bits per heavy atom. The summed E-state index contributed by atoms with van der Waals surface area (Å²) in [5, 5.41) is 0. The molecule has 1 aliphatic heterocycles. The Hall–Kier alpha value is -2.88. The largest absolute Gasteiger partial charge is 0.416 e. The number of aromatic nitrogens is 2. The average molecular weight is 486 g/mol. The molecule has 4 rings (SSSR count). The number of benzene rings is 2. The van der Waals surface area contributed by atoms with Crippen molar-refractivity contribution in [1.29, 1.82) is 0 Å². The Morgan fingerprint density at radius 2 is 1.59 bits per heavy atom. The molecule has 0 saturated carbocycles. The van der Waals surface area contributed by atoms with Crippen LogP contribution in [0, 0.1) is 5.82 Å². The smallest absolute Gasteiger partial charge is 0.370 e. The summed E-state index contributed by atoms with van der Waals surface area (Å²) in [4.78, 5) is 4.34. The molecule has 0 saturated heterocycles. The van der Waals surface area contributed by atoms with Crippen LogP contribution in [0.15, 0.2) is 54.9 Å². The number of hydrogen-bond acceptors (Lipinski definition) is 2. The molecule has 1 aliphatic rings. The van der Waals surface area contributed by atoms with Crippen molar-refractivity contribution in [3.8, 4) is 0 Å². The van der Waals surface area contributed by atoms with Crippen molar-refractivity contribution in [2.45, 2.75) is 56.8 Å². The van der Waals surface area contributed by atoms with Crippen molar-refractivity contribution in [2.75, 3.05) is 0 Å². The Balaban J connectivity index is 1.67. The summed E-state index contributed by atoms with van der Waals surface area (Å²) in [6.45, 7) is 1.95. The molecule has 0 spiro atoms. The van der Waals surface area contributed by atoms with Crippen LogP contribution in [0.1, 0.15) is 53.4 Å². The second kappa shape index (κ2) is 9.05. The molecule has 0 aliphatic carbocycles. The van der Waals surface area contributed by atoms with Gasteiger partial charge in [0.2, 0.25) is 0 Å². The van der Waals surface area contributed by atoms with Gasteiger partial charge in [-0.05, 0) is 54.8 Å². The van der Waals surface area contributed by atoms with Gasteiger partial charge in [0.05, 0.1) is 23.3 Å². The maximum absolute atomic E-state index is 13.5. The summed E-state index contributed by atoms with van der Waals surface area (Å²) in [5.74, 6) is 0.0273. The van der Waals surface area contributed by atoms with Crippen LogP contribution in [0.5, 0.6) is 0 Å². The number of ether oxygens (including phenoxy) is 1. The topological polar surface area (TPSA) is 27.1 Å². The van der Waals surface area contributed by atoms with Crippen LogP contribution in [-0.4, -0.2) is 15.7 Å². The summed E-state index contributed by atoms with van der Waals surface area (Å²) < 4.78 is 101. The number of halogens is 7. The van der Waals surface area contributed by atoms with Crippen LogP contribution < -0.4 is 0 Å². The zero-order valence-corrected chi connectivity index (χ0v) is 18.0. The van der Waals surface area contributed by atoms with E-state index in [1.807, 2.05) is 4.57 Å². The third kappa shape index (κ3) is 5.27. The van der Waals surface area contributed by atoms with Gasteiger partial charge in [-0.2, -0.15) is 26.3 Å². The van der Waals surface area contributed by atoms with Gasteiger partial charge in [-0.15, -0.1) is 0 Å². The van der Waals surface area contributed by atoms with Crippen LogP contribution in [-0.2, 0) is 30.1 Å². The molecular weight excluding hydrogens is 465 g/mol. The van der Waals surface area contributed by atoms with Crippen LogP contribution >= 0.6 is 0 Å². The molecule has 0 fully saturated rings. The minimum Gasteiger partial charge on any atom is -0.370 e. The van der Waals surface area contributed by atoms with Crippen molar-refractivity contribution in [3.63, 3.8) is 0 Å². The van der Waals surface area contributed by atoms with E-state index in [0.29, 0.717) is 31.5 Å². The predicted octanol–water partition coefficient (Wildman–Crippen LogP) is 6.94. The van der Waals surface area contributed by atoms with E-state index in [0.717, 1.165) is 11.4 Å². The molecule has 0 N–H and O–H groups in total. The van der Waals surface area contributed by atoms with Crippen LogP contribution in [0.2, 0.25) is 0 Å². The molecule has 3 aromatic rings. The molecule has 0 amide bonds. The first-order valence-electron chi connectivity index (χ1n) is 10.6. The fraction of sp³-hybridized carbons (Fsp3) is 0.375. The van der Waals surface area contributed by atoms with Gasteiger partial charge in [0.1, 0.15) is 11.6 Å². The third-order valence-electron chi connectivity index (χ3n) is 6.06. The molecule has 2 heterocycles. The number of aryl methyl sites for hydroxylation is 1. The van der Waals surface area contributed by atoms with Crippen molar-refractivity contribution >= 4 is 0 Å². The van der Waals surface area contributed by atoms with Gasteiger partial charge >= 0.3 is 12.4 Å². The van der Waals surface area contributed by atoms with Crippen LogP contribution in [0.4, 0.5) is 30.7 Å². The van der Waals surface area contributed by atoms with E-state index in [1.165, 1.54) is 19.1 Å². The number of hydrogen-bond donors (Lipinski definition) is 0. The van der Waals surface area contributed by atoms with E-state index in [-0.39, 0.29) is 17.5 Å². The molecular formula is C24H21F7N2O. The zero-order valence-electron chi connectivity index (χ0n) is 18.0. The first kappa shape index (κ1) is 24.3. The number of alkyl halides is 6. The highest BCUT2D eigenvalue weighted by molar-refractivity contribution is 5.35. The fourth-order valence-corrected chi connectivity index (χ4v) is 4.29. The Morgan fingerprint density at radius 3 is 2.18 bits per heavy atom. The summed E-state index contributed by atoms with van der Waals surface area (Å²) in [6.07, 6.45) is -7.16. The normalized spacial score (nSPS) is 20.0. The van der Waals surface area contributed by atoms with E-state index >= 15 is 0 Å². The minimum absolute atomic E-state index is 0.0993. The molecule has 0 bridgehead atoms. The van der Waals surface area contributed by atoms with E-state index < -0.39 is 41.5 Å². The van der Waals surface area contributed by atoms with Crippen LogP contribution in [0.3, 0.4) is 0 Å². The second-order valence-corrected chi connectivity index (χ2v) is 8.34. The lowest BCUT2D eigenvalue weighted by atomic mass is 9.88. The van der Waals surface area contributed by atoms with E-state index in [4.69, 9.17) is 4.74 Å². The summed E-state index contributed by atoms with van der Waals surface area (Å²) >= 11 is 0. The van der Waals surface area contributed by atoms with Gasteiger partial charge in [0.15, 0.2) is 0 Å². The minimum atomic E-state index is -4.94. The van der Waals surface area contributed by atoms with E-state index in [9.17, 15) is 30.7 Å². The van der Waals surface area contributed by atoms with Crippen molar-refractivity contribution in [1.82, 2.24) is 9.55 Å². The third-order valence-corrected chi connectivity index (χ3v) is 6.06. The van der Waals surface area contributed by atoms with Gasteiger partial charge in [0, 0.05) is 31.3 Å². The lowest BCUT2D eigenvalue weighted by molar-refractivity contribution is -0.143. The maximum Gasteiger partial charge on any atom is 0.416 e. The Bertz CT molecular complexity index is 1100. The summed E-state index contributed by atoms with van der Waals surface area (Å²) in [7, 11) is 0. The van der Waals surface area contributed by atoms with E-state index in [2.05, 4.69) is 4.98 Å². The average Bonchev–Trinajstić information content (AvgIpc) is 3.14. The zero-order chi connectivity index (χ0) is 24.7. The molecule has 0 radical (unpaired) electrons. The second-order valence-electron chi connectivity index (χ2n) is 8.34. The Labute approximate surface area is 191 Å². The lowest BCUT2D eigenvalue weighted by Gasteiger charge is -2.29. The Kier molecular flexibility index (Phi) is 6.46. The van der Waals surface area contributed by atoms with Gasteiger partial charge in [-0.3, -0.25) is 0 Å². The molecule has 1 aromatic heterocycles. The van der Waals surface area contributed by atoms with Gasteiger partial charge < -0.3 is 9.30 Å². The van der Waals surface area contributed by atoms with Gasteiger partial charge in [-0.25, -0.2) is 9.37 Å². The van der Waals surface area contributed by atoms with Gasteiger partial charge in [0.25, 0.3) is 0 Å². The first-order chi connectivity index (χ1) is 15.9. The summed E-state index contributed by atoms with van der Waals surface area (Å²) in [6, 6.07) is 7.29. The number of imidazole rings is 1. The van der Waals surface area contributed by atoms with Crippen LogP contribution in [0.25, 0.3) is 0 Å². The van der Waals surface area contributed by atoms with Crippen molar-refractivity contribution in [3.05, 3.63) is 88.8 Å². The number of nitrogens with zero attached hydrogens (tertiary/aromatic N) is 2. The highest BCUT2D eigenvalue weighted by Crippen LogP contribution is 2.39. The number of fused-ring (bicyclic) bond motifs is 1. The fourth-order valence-electron chi connectivity index (χ4n) is 4.29. The molecule has 3 nitrogen and oxygen atoms in total. The highest BCUT2D eigenvalue weighted by atomic mass is 19.4. The quantitative estimate of drug-likeness (QED) is 0.374. The monoisotopic (exact) mass is 486 g/mol. The molecule has 0 unspecified atom stereocenters. The van der Waals surface area contributed by atoms with Gasteiger partial charge in [-0.1, -0.05) is 12.1 Å². The van der Waals surface area contributed by atoms with Crippen molar-refractivity contribution < 1.29 is 35.5 Å². The SMILES string of the molecule is C[C@@H](O[C@H]1CCn2ccnc2C[C@@H]1c1ccc(F)cc1)c1cc(C(F)(F)F)cc(C(F)(F)F)c1. The molecule has 2 aromatic carbocycles. The predicted molar refractivity (Wildman–Crippen MR) is 109 cm³/mol. The number of rotatable bonds is 4. The highest BCUT2D eigenvalue weighted by Gasteiger charge is 2.38. The van der Waals surface area contributed by atoms with Crippen molar-refractivity contribution in [2.24, 2.45) is 0 Å².